The molecule has 76 valence electrons. The van der Waals surface area contributed by atoms with Crippen molar-refractivity contribution in [3.63, 3.8) is 0 Å². The number of rotatable bonds is 1. The maximum Gasteiger partial charge on any atom is 0.123 e. The maximum absolute atomic E-state index is 12.7. The predicted molar refractivity (Wildman–Crippen MR) is 65.0 cm³/mol. The van der Waals surface area contributed by atoms with Crippen LogP contribution in [0.1, 0.15) is 0 Å². The van der Waals surface area contributed by atoms with Crippen LogP contribution in [0.4, 0.5) is 4.39 Å². The van der Waals surface area contributed by atoms with Crippen molar-refractivity contribution in [2.24, 2.45) is 0 Å². The van der Waals surface area contributed by atoms with Crippen LogP contribution in [0.3, 0.4) is 0 Å². The lowest BCUT2D eigenvalue weighted by molar-refractivity contribution is 0.628. The normalized spacial score (nSPS) is 10.3. The molecular formula is C11H6Br2FN. The zero-order chi connectivity index (χ0) is 10.8. The molecule has 0 spiro atoms. The highest BCUT2D eigenvalue weighted by atomic mass is 79.9. The molecule has 4 heteroatoms. The van der Waals surface area contributed by atoms with Gasteiger partial charge >= 0.3 is 0 Å². The molecule has 2 aromatic rings. The number of nitrogens with zero attached hydrogens (tertiary/aromatic N) is 1. The monoisotopic (exact) mass is 329 g/mol. The minimum Gasteiger partial charge on any atom is -0.248 e. The second-order valence-electron chi connectivity index (χ2n) is 2.99. The van der Waals surface area contributed by atoms with Crippen molar-refractivity contribution in [2.45, 2.75) is 0 Å². The fourth-order valence-electron chi connectivity index (χ4n) is 1.26. The lowest BCUT2D eigenvalue weighted by Gasteiger charge is -2.04. The van der Waals surface area contributed by atoms with Crippen molar-refractivity contribution in [2.75, 3.05) is 0 Å². The van der Waals surface area contributed by atoms with Gasteiger partial charge in [0.05, 0.1) is 0 Å². The van der Waals surface area contributed by atoms with E-state index >= 15 is 0 Å². The van der Waals surface area contributed by atoms with E-state index < -0.39 is 0 Å². The Morgan fingerprint density at radius 1 is 1.07 bits per heavy atom. The van der Waals surface area contributed by atoms with Crippen LogP contribution in [-0.4, -0.2) is 4.98 Å². The van der Waals surface area contributed by atoms with Crippen LogP contribution < -0.4 is 0 Å². The number of hydrogen-bond acceptors (Lipinski definition) is 1. The molecule has 1 aromatic carbocycles. The Kier molecular flexibility index (Phi) is 3.17. The Hall–Kier alpha value is -0.740. The van der Waals surface area contributed by atoms with Crippen LogP contribution >= 0.6 is 31.9 Å². The lowest BCUT2D eigenvalue weighted by atomic mass is 10.1. The fraction of sp³-hybridized carbons (Fsp3) is 0. The number of benzene rings is 1. The van der Waals surface area contributed by atoms with Crippen LogP contribution in [0, 0.1) is 5.82 Å². The molecule has 0 aliphatic rings. The van der Waals surface area contributed by atoms with E-state index in [0.717, 1.165) is 20.2 Å². The molecular weight excluding hydrogens is 325 g/mol. The van der Waals surface area contributed by atoms with E-state index in [1.807, 2.05) is 6.07 Å². The number of halogens is 3. The van der Waals surface area contributed by atoms with Gasteiger partial charge in [-0.05, 0) is 55.6 Å². The summed E-state index contributed by atoms with van der Waals surface area (Å²) in [6.07, 6.45) is 1.71. The highest BCUT2D eigenvalue weighted by Gasteiger charge is 2.04. The van der Waals surface area contributed by atoms with E-state index in [1.54, 1.807) is 18.3 Å². The SMILES string of the molecule is Fc1ccc(-c2cc(Br)ncc2Br)cc1. The van der Waals surface area contributed by atoms with Crippen LogP contribution in [-0.2, 0) is 0 Å². The molecule has 0 radical (unpaired) electrons. The maximum atomic E-state index is 12.7. The van der Waals surface area contributed by atoms with Crippen LogP contribution in [0.15, 0.2) is 45.6 Å². The first-order valence-corrected chi connectivity index (χ1v) is 5.82. The van der Waals surface area contributed by atoms with Crippen molar-refractivity contribution >= 4 is 31.9 Å². The third kappa shape index (κ3) is 2.44. The minimum atomic E-state index is -0.233. The molecule has 0 unspecified atom stereocenters. The van der Waals surface area contributed by atoms with Gasteiger partial charge in [-0.25, -0.2) is 9.37 Å². The molecule has 1 nitrogen and oxygen atoms in total. The molecule has 1 heterocycles. The minimum absolute atomic E-state index is 0.233. The van der Waals surface area contributed by atoms with E-state index in [0.29, 0.717) is 0 Å². The van der Waals surface area contributed by atoms with Gasteiger partial charge in [0.25, 0.3) is 0 Å². The summed E-state index contributed by atoms with van der Waals surface area (Å²) in [5.41, 5.74) is 1.93. The van der Waals surface area contributed by atoms with Crippen molar-refractivity contribution in [1.29, 1.82) is 0 Å². The first kappa shape index (κ1) is 10.8. The number of pyridine rings is 1. The quantitative estimate of drug-likeness (QED) is 0.706. The summed E-state index contributed by atoms with van der Waals surface area (Å²) in [6.45, 7) is 0. The topological polar surface area (TPSA) is 12.9 Å². The highest BCUT2D eigenvalue weighted by Crippen LogP contribution is 2.29. The molecule has 2 rings (SSSR count). The summed E-state index contributed by atoms with van der Waals surface area (Å²) < 4.78 is 14.4. The Balaban J connectivity index is 2.53. The third-order valence-corrected chi connectivity index (χ3v) is 3.04. The summed E-state index contributed by atoms with van der Waals surface area (Å²) in [7, 11) is 0. The molecule has 0 saturated carbocycles. The summed E-state index contributed by atoms with van der Waals surface area (Å²) in [4.78, 5) is 4.08. The number of hydrogen-bond donors (Lipinski definition) is 0. The van der Waals surface area contributed by atoms with Gasteiger partial charge in [0, 0.05) is 16.2 Å². The van der Waals surface area contributed by atoms with Gasteiger partial charge in [-0.1, -0.05) is 12.1 Å². The fourth-order valence-corrected chi connectivity index (χ4v) is 2.04. The Morgan fingerprint density at radius 3 is 2.40 bits per heavy atom. The van der Waals surface area contributed by atoms with Gasteiger partial charge in [-0.3, -0.25) is 0 Å². The first-order valence-electron chi connectivity index (χ1n) is 4.24. The van der Waals surface area contributed by atoms with Gasteiger partial charge in [-0.2, -0.15) is 0 Å². The van der Waals surface area contributed by atoms with Crippen molar-refractivity contribution in [1.82, 2.24) is 4.98 Å². The molecule has 0 aliphatic carbocycles. The second kappa shape index (κ2) is 4.41. The van der Waals surface area contributed by atoms with E-state index in [2.05, 4.69) is 36.8 Å². The summed E-state index contributed by atoms with van der Waals surface area (Å²) in [5, 5.41) is 0. The van der Waals surface area contributed by atoms with Gasteiger partial charge in [0.2, 0.25) is 0 Å². The summed E-state index contributed by atoms with van der Waals surface area (Å²) >= 11 is 6.71. The van der Waals surface area contributed by atoms with Gasteiger partial charge in [0.15, 0.2) is 0 Å². The molecule has 0 aliphatic heterocycles. The Labute approximate surface area is 104 Å². The molecule has 15 heavy (non-hydrogen) atoms. The molecule has 0 bridgehead atoms. The molecule has 0 amide bonds. The third-order valence-electron chi connectivity index (χ3n) is 1.98. The molecule has 0 saturated heterocycles. The van der Waals surface area contributed by atoms with Crippen LogP contribution in [0.2, 0.25) is 0 Å². The van der Waals surface area contributed by atoms with Crippen LogP contribution in [0.25, 0.3) is 11.1 Å². The van der Waals surface area contributed by atoms with Crippen molar-refractivity contribution < 1.29 is 4.39 Å². The summed E-state index contributed by atoms with van der Waals surface area (Å²) in [5.74, 6) is -0.233. The largest absolute Gasteiger partial charge is 0.248 e. The zero-order valence-corrected chi connectivity index (χ0v) is 10.7. The van der Waals surface area contributed by atoms with Crippen molar-refractivity contribution in [3.8, 4) is 11.1 Å². The molecule has 0 atom stereocenters. The Morgan fingerprint density at radius 2 is 1.73 bits per heavy atom. The highest BCUT2D eigenvalue weighted by molar-refractivity contribution is 9.11. The lowest BCUT2D eigenvalue weighted by Crippen LogP contribution is -1.83. The van der Waals surface area contributed by atoms with Gasteiger partial charge in [-0.15, -0.1) is 0 Å². The predicted octanol–water partition coefficient (Wildman–Crippen LogP) is 4.41. The van der Waals surface area contributed by atoms with E-state index in [-0.39, 0.29) is 5.82 Å². The van der Waals surface area contributed by atoms with E-state index in [9.17, 15) is 4.39 Å². The van der Waals surface area contributed by atoms with Crippen molar-refractivity contribution in [3.05, 3.63) is 51.4 Å². The van der Waals surface area contributed by atoms with Crippen LogP contribution in [0.5, 0.6) is 0 Å². The average Bonchev–Trinajstić information content (AvgIpc) is 2.23. The smallest absolute Gasteiger partial charge is 0.123 e. The molecule has 0 N–H and O–H groups in total. The summed E-state index contributed by atoms with van der Waals surface area (Å²) in [6, 6.07) is 8.24. The average molecular weight is 331 g/mol. The standard InChI is InChI=1S/C11H6Br2FN/c12-10-6-15-11(13)5-9(10)7-1-3-8(14)4-2-7/h1-6H. The Bertz CT molecular complexity index is 482. The van der Waals surface area contributed by atoms with Gasteiger partial charge in [0.1, 0.15) is 10.4 Å². The molecule has 0 fully saturated rings. The molecule has 1 aromatic heterocycles. The van der Waals surface area contributed by atoms with E-state index in [1.165, 1.54) is 12.1 Å². The first-order chi connectivity index (χ1) is 7.16. The van der Waals surface area contributed by atoms with Gasteiger partial charge < -0.3 is 0 Å². The zero-order valence-electron chi connectivity index (χ0n) is 7.55. The second-order valence-corrected chi connectivity index (χ2v) is 4.66. The van der Waals surface area contributed by atoms with E-state index in [4.69, 9.17) is 0 Å². The number of aromatic nitrogens is 1.